The van der Waals surface area contributed by atoms with Gasteiger partial charge in [0.05, 0.1) is 16.7 Å². The Morgan fingerprint density at radius 2 is 1.94 bits per heavy atom. The molecular weight excluding hydrogens is 269 g/mol. The molecule has 2 nitrogen and oxygen atoms in total. The zero-order valence-corrected chi connectivity index (χ0v) is 11.8. The molecular formula is C14H17Cl2NO. The van der Waals surface area contributed by atoms with Crippen molar-refractivity contribution in [1.29, 1.82) is 0 Å². The van der Waals surface area contributed by atoms with Crippen LogP contribution in [0.2, 0.25) is 10.0 Å². The van der Waals surface area contributed by atoms with Crippen molar-refractivity contribution in [2.45, 2.75) is 12.8 Å². The molecule has 0 radical (unpaired) electrons. The third-order valence-corrected chi connectivity index (χ3v) is 4.89. The Morgan fingerprint density at radius 3 is 2.56 bits per heavy atom. The van der Waals surface area contributed by atoms with Gasteiger partial charge in [0.25, 0.3) is 0 Å². The van der Waals surface area contributed by atoms with Crippen molar-refractivity contribution in [2.24, 2.45) is 11.8 Å². The molecule has 0 aromatic heterocycles. The third-order valence-electron chi connectivity index (χ3n) is 4.15. The molecule has 4 heteroatoms. The molecule has 0 N–H and O–H groups in total. The van der Waals surface area contributed by atoms with Gasteiger partial charge in [-0.1, -0.05) is 23.2 Å². The minimum absolute atomic E-state index is 0.558. The molecule has 0 aliphatic carbocycles. The predicted molar refractivity (Wildman–Crippen MR) is 74.6 cm³/mol. The van der Waals surface area contributed by atoms with E-state index in [-0.39, 0.29) is 0 Å². The molecule has 18 heavy (non-hydrogen) atoms. The van der Waals surface area contributed by atoms with Crippen LogP contribution >= 0.6 is 23.2 Å². The normalized spacial score (nSPS) is 30.4. The van der Waals surface area contributed by atoms with Crippen molar-refractivity contribution in [3.63, 3.8) is 0 Å². The standard InChI is InChI=1S/C14H17Cl2NO/c15-13-2-1-12(7-14(13)16)18-9-11-8-17-5-3-10(11)4-6-17/h1-2,7,10-11H,3-6,8-9H2. The smallest absolute Gasteiger partial charge is 0.120 e. The molecule has 1 atom stereocenters. The summed E-state index contributed by atoms with van der Waals surface area (Å²) >= 11 is 11.9. The SMILES string of the molecule is Clc1ccc(OCC2CN3CCC2CC3)cc1Cl. The van der Waals surface area contributed by atoms with E-state index in [4.69, 9.17) is 27.9 Å². The van der Waals surface area contributed by atoms with E-state index in [1.807, 2.05) is 6.07 Å². The lowest BCUT2D eigenvalue weighted by molar-refractivity contribution is 0.0257. The lowest BCUT2D eigenvalue weighted by atomic mass is 9.79. The Labute approximate surface area is 118 Å². The van der Waals surface area contributed by atoms with Gasteiger partial charge in [-0.15, -0.1) is 0 Å². The van der Waals surface area contributed by atoms with Gasteiger partial charge in [0, 0.05) is 18.5 Å². The fourth-order valence-corrected chi connectivity index (χ4v) is 3.33. The Bertz CT molecular complexity index is 430. The van der Waals surface area contributed by atoms with E-state index in [0.717, 1.165) is 18.3 Å². The molecule has 98 valence electrons. The number of hydrogen-bond acceptors (Lipinski definition) is 2. The molecule has 0 spiro atoms. The average Bonchev–Trinajstić information content (AvgIpc) is 2.41. The lowest BCUT2D eigenvalue weighted by Gasteiger charge is -2.44. The van der Waals surface area contributed by atoms with E-state index in [1.54, 1.807) is 12.1 Å². The number of halogens is 2. The molecule has 2 bridgehead atoms. The maximum Gasteiger partial charge on any atom is 0.120 e. The van der Waals surface area contributed by atoms with Crippen molar-refractivity contribution in [3.05, 3.63) is 28.2 Å². The van der Waals surface area contributed by atoms with Gasteiger partial charge in [-0.2, -0.15) is 0 Å². The van der Waals surface area contributed by atoms with Crippen molar-refractivity contribution in [2.75, 3.05) is 26.2 Å². The van der Waals surface area contributed by atoms with E-state index in [1.165, 1.54) is 32.5 Å². The van der Waals surface area contributed by atoms with Crippen LogP contribution in [-0.4, -0.2) is 31.1 Å². The highest BCUT2D eigenvalue weighted by atomic mass is 35.5. The second kappa shape index (κ2) is 5.28. The fraction of sp³-hybridized carbons (Fsp3) is 0.571. The van der Waals surface area contributed by atoms with Gasteiger partial charge in [-0.05, 0) is 44.0 Å². The monoisotopic (exact) mass is 285 g/mol. The minimum Gasteiger partial charge on any atom is -0.493 e. The van der Waals surface area contributed by atoms with Gasteiger partial charge < -0.3 is 9.64 Å². The van der Waals surface area contributed by atoms with Crippen LogP contribution in [0.25, 0.3) is 0 Å². The molecule has 4 rings (SSSR count). The van der Waals surface area contributed by atoms with E-state index in [9.17, 15) is 0 Å². The summed E-state index contributed by atoms with van der Waals surface area (Å²) in [6.07, 6.45) is 2.66. The number of rotatable bonds is 3. The van der Waals surface area contributed by atoms with E-state index in [2.05, 4.69) is 4.90 Å². The zero-order chi connectivity index (χ0) is 12.5. The largest absolute Gasteiger partial charge is 0.493 e. The van der Waals surface area contributed by atoms with E-state index < -0.39 is 0 Å². The van der Waals surface area contributed by atoms with Gasteiger partial charge in [0.1, 0.15) is 5.75 Å². The first-order chi connectivity index (χ1) is 8.72. The zero-order valence-electron chi connectivity index (χ0n) is 10.2. The van der Waals surface area contributed by atoms with Crippen LogP contribution in [0.1, 0.15) is 12.8 Å². The summed E-state index contributed by atoms with van der Waals surface area (Å²) in [6, 6.07) is 5.47. The van der Waals surface area contributed by atoms with Gasteiger partial charge in [0.2, 0.25) is 0 Å². The van der Waals surface area contributed by atoms with Gasteiger partial charge >= 0.3 is 0 Å². The first kappa shape index (κ1) is 12.6. The van der Waals surface area contributed by atoms with E-state index >= 15 is 0 Å². The second-order valence-corrected chi connectivity index (χ2v) is 6.10. The summed E-state index contributed by atoms with van der Waals surface area (Å²) in [5.41, 5.74) is 0. The molecule has 3 aliphatic rings. The molecule has 0 saturated carbocycles. The van der Waals surface area contributed by atoms with Crippen LogP contribution in [-0.2, 0) is 0 Å². The molecule has 1 aromatic rings. The van der Waals surface area contributed by atoms with Gasteiger partial charge in [0.15, 0.2) is 0 Å². The maximum absolute atomic E-state index is 5.98. The first-order valence-electron chi connectivity index (χ1n) is 6.52. The molecule has 0 amide bonds. The highest BCUT2D eigenvalue weighted by Gasteiger charge is 2.34. The lowest BCUT2D eigenvalue weighted by Crippen LogP contribution is -2.49. The maximum atomic E-state index is 5.98. The van der Waals surface area contributed by atoms with Crippen LogP contribution in [0, 0.1) is 11.8 Å². The Balaban J connectivity index is 1.59. The third kappa shape index (κ3) is 2.61. The Hall–Kier alpha value is -0.440. The van der Waals surface area contributed by atoms with E-state index in [0.29, 0.717) is 16.0 Å². The summed E-state index contributed by atoms with van der Waals surface area (Å²) < 4.78 is 5.86. The molecule has 3 saturated heterocycles. The summed E-state index contributed by atoms with van der Waals surface area (Å²) in [6.45, 7) is 4.52. The Kier molecular flexibility index (Phi) is 3.69. The highest BCUT2D eigenvalue weighted by molar-refractivity contribution is 6.42. The fourth-order valence-electron chi connectivity index (χ4n) is 3.05. The first-order valence-corrected chi connectivity index (χ1v) is 7.28. The van der Waals surface area contributed by atoms with Crippen molar-refractivity contribution in [1.82, 2.24) is 4.90 Å². The van der Waals surface area contributed by atoms with Gasteiger partial charge in [-0.3, -0.25) is 0 Å². The van der Waals surface area contributed by atoms with Crippen molar-refractivity contribution in [3.8, 4) is 5.75 Å². The topological polar surface area (TPSA) is 12.5 Å². The summed E-state index contributed by atoms with van der Waals surface area (Å²) in [4.78, 5) is 2.54. The number of nitrogens with zero attached hydrogens (tertiary/aromatic N) is 1. The number of fused-ring (bicyclic) bond motifs is 3. The Morgan fingerprint density at radius 1 is 1.17 bits per heavy atom. The molecule has 1 unspecified atom stereocenters. The van der Waals surface area contributed by atoms with Crippen LogP contribution in [0.4, 0.5) is 0 Å². The molecule has 1 aromatic carbocycles. The van der Waals surface area contributed by atoms with Crippen LogP contribution in [0.3, 0.4) is 0 Å². The number of benzene rings is 1. The van der Waals surface area contributed by atoms with Crippen LogP contribution in [0.5, 0.6) is 5.75 Å². The second-order valence-electron chi connectivity index (χ2n) is 5.29. The van der Waals surface area contributed by atoms with Crippen LogP contribution < -0.4 is 4.74 Å². The van der Waals surface area contributed by atoms with Crippen molar-refractivity contribution < 1.29 is 4.74 Å². The number of hydrogen-bond donors (Lipinski definition) is 0. The summed E-state index contributed by atoms with van der Waals surface area (Å²) in [5.74, 6) is 2.33. The number of ether oxygens (including phenoxy) is 1. The predicted octanol–water partition coefficient (Wildman–Crippen LogP) is 3.71. The number of piperidine rings is 3. The molecule has 3 aliphatic heterocycles. The minimum atomic E-state index is 0.558. The molecule has 3 heterocycles. The van der Waals surface area contributed by atoms with Crippen molar-refractivity contribution >= 4 is 23.2 Å². The molecule has 3 fully saturated rings. The summed E-state index contributed by atoms with van der Waals surface area (Å²) in [7, 11) is 0. The average molecular weight is 286 g/mol. The summed E-state index contributed by atoms with van der Waals surface area (Å²) in [5, 5.41) is 1.13. The van der Waals surface area contributed by atoms with Gasteiger partial charge in [-0.25, -0.2) is 0 Å². The quantitative estimate of drug-likeness (QED) is 0.839. The highest BCUT2D eigenvalue weighted by Crippen LogP contribution is 2.33. The van der Waals surface area contributed by atoms with Crippen LogP contribution in [0.15, 0.2) is 18.2 Å².